The monoisotopic (exact) mass is 279 g/mol. The lowest BCUT2D eigenvalue weighted by Crippen LogP contribution is -2.53. The maximum Gasteiger partial charge on any atom is 0.145 e. The second-order valence-electron chi connectivity index (χ2n) is 6.85. The number of nitrogens with one attached hydrogen (secondary N) is 1. The zero-order valence-corrected chi connectivity index (χ0v) is 13.0. The molecule has 0 aromatic carbocycles. The molecule has 2 rings (SSSR count). The molecule has 0 saturated carbocycles. The number of anilines is 2. The van der Waals surface area contributed by atoms with E-state index < -0.39 is 0 Å². The van der Waals surface area contributed by atoms with Gasteiger partial charge in [0.15, 0.2) is 0 Å². The molecule has 0 radical (unpaired) electrons. The van der Waals surface area contributed by atoms with Crippen LogP contribution in [0.5, 0.6) is 0 Å². The van der Waals surface area contributed by atoms with Crippen LogP contribution in [-0.4, -0.2) is 35.3 Å². The maximum absolute atomic E-state index is 5.57. The van der Waals surface area contributed by atoms with Gasteiger partial charge in [-0.05, 0) is 13.8 Å². The van der Waals surface area contributed by atoms with Gasteiger partial charge in [0.1, 0.15) is 17.5 Å². The molecule has 1 aromatic rings. The van der Waals surface area contributed by atoms with Crippen LogP contribution in [-0.2, 0) is 10.2 Å². The smallest absolute Gasteiger partial charge is 0.145 e. The van der Waals surface area contributed by atoms with Gasteiger partial charge in [0.05, 0.1) is 18.8 Å². The molecular weight excluding hydrogens is 254 g/mol. The maximum atomic E-state index is 5.57. The molecule has 1 aromatic heterocycles. The van der Waals surface area contributed by atoms with Crippen molar-refractivity contribution in [3.05, 3.63) is 11.9 Å². The van der Waals surface area contributed by atoms with Crippen molar-refractivity contribution in [3.8, 4) is 0 Å². The van der Waals surface area contributed by atoms with Gasteiger partial charge in [-0.15, -0.1) is 0 Å². The Balaban J connectivity index is 2.45. The van der Waals surface area contributed by atoms with Gasteiger partial charge >= 0.3 is 0 Å². The third kappa shape index (κ3) is 3.02. The molecule has 0 atom stereocenters. The van der Waals surface area contributed by atoms with E-state index in [1.54, 1.807) is 0 Å². The average molecular weight is 279 g/mol. The number of nitrogens with zero attached hydrogens (tertiary/aromatic N) is 3. The number of hydrazine groups is 1. The Hall–Kier alpha value is -1.40. The van der Waals surface area contributed by atoms with E-state index in [1.165, 1.54) is 0 Å². The fraction of sp³-hybridized carbons (Fsp3) is 0.714. The van der Waals surface area contributed by atoms with Gasteiger partial charge < -0.3 is 15.1 Å². The Bertz CT molecular complexity index is 481. The van der Waals surface area contributed by atoms with Gasteiger partial charge in [-0.2, -0.15) is 0 Å². The van der Waals surface area contributed by atoms with E-state index in [9.17, 15) is 0 Å². The summed E-state index contributed by atoms with van der Waals surface area (Å²) in [6, 6.07) is 1.89. The van der Waals surface area contributed by atoms with E-state index >= 15 is 0 Å². The quantitative estimate of drug-likeness (QED) is 0.633. The van der Waals surface area contributed by atoms with Gasteiger partial charge in [0, 0.05) is 18.0 Å². The highest BCUT2D eigenvalue weighted by atomic mass is 16.5. The molecule has 2 heterocycles. The summed E-state index contributed by atoms with van der Waals surface area (Å²) in [5.41, 5.74) is 2.42. The van der Waals surface area contributed by atoms with Crippen LogP contribution in [0.15, 0.2) is 6.07 Å². The van der Waals surface area contributed by atoms with Crippen molar-refractivity contribution in [1.82, 2.24) is 9.97 Å². The molecule has 1 aliphatic heterocycles. The van der Waals surface area contributed by atoms with Crippen molar-refractivity contribution in [3.63, 3.8) is 0 Å². The van der Waals surface area contributed by atoms with Crippen LogP contribution in [0.3, 0.4) is 0 Å². The molecule has 0 unspecified atom stereocenters. The number of nitrogens with two attached hydrogens (primary N) is 1. The predicted octanol–water partition coefficient (Wildman–Crippen LogP) is 1.67. The Kier molecular flexibility index (Phi) is 3.88. The highest BCUT2D eigenvalue weighted by Gasteiger charge is 2.32. The Morgan fingerprint density at radius 2 is 2.05 bits per heavy atom. The van der Waals surface area contributed by atoms with Crippen molar-refractivity contribution in [1.29, 1.82) is 0 Å². The van der Waals surface area contributed by atoms with E-state index in [-0.39, 0.29) is 11.0 Å². The number of ether oxygens (including phenoxy) is 1. The molecule has 6 nitrogen and oxygen atoms in total. The molecule has 0 spiro atoms. The van der Waals surface area contributed by atoms with Crippen molar-refractivity contribution < 1.29 is 4.74 Å². The molecule has 1 saturated heterocycles. The van der Waals surface area contributed by atoms with E-state index in [0.29, 0.717) is 19.0 Å². The lowest BCUT2D eigenvalue weighted by molar-refractivity contribution is 0.0638. The number of hydrogen-bond acceptors (Lipinski definition) is 6. The minimum Gasteiger partial charge on any atom is -0.377 e. The minimum absolute atomic E-state index is 0.0897. The van der Waals surface area contributed by atoms with E-state index in [4.69, 9.17) is 15.6 Å². The lowest BCUT2D eigenvalue weighted by Gasteiger charge is -2.43. The van der Waals surface area contributed by atoms with Crippen LogP contribution < -0.4 is 16.2 Å². The van der Waals surface area contributed by atoms with E-state index in [0.717, 1.165) is 18.2 Å². The first-order valence-electron chi connectivity index (χ1n) is 6.95. The summed E-state index contributed by atoms with van der Waals surface area (Å²) in [5, 5.41) is 0. The third-order valence-corrected chi connectivity index (χ3v) is 3.45. The van der Waals surface area contributed by atoms with Crippen molar-refractivity contribution in [2.75, 3.05) is 30.1 Å². The molecule has 20 heavy (non-hydrogen) atoms. The summed E-state index contributed by atoms with van der Waals surface area (Å²) in [6.45, 7) is 12.8. The van der Waals surface area contributed by atoms with Crippen LogP contribution in [0, 0.1) is 0 Å². The molecule has 0 amide bonds. The number of aromatic nitrogens is 2. The minimum atomic E-state index is -0.127. The Morgan fingerprint density at radius 1 is 1.35 bits per heavy atom. The molecule has 0 bridgehead atoms. The lowest BCUT2D eigenvalue weighted by atomic mass is 9.95. The van der Waals surface area contributed by atoms with Crippen molar-refractivity contribution >= 4 is 11.6 Å². The van der Waals surface area contributed by atoms with Gasteiger partial charge in [0.25, 0.3) is 0 Å². The fourth-order valence-corrected chi connectivity index (χ4v) is 2.27. The summed E-state index contributed by atoms with van der Waals surface area (Å²) in [4.78, 5) is 11.5. The van der Waals surface area contributed by atoms with Gasteiger partial charge in [-0.3, -0.25) is 0 Å². The van der Waals surface area contributed by atoms with Crippen LogP contribution in [0.4, 0.5) is 11.6 Å². The largest absolute Gasteiger partial charge is 0.377 e. The molecule has 6 heteroatoms. The first kappa shape index (κ1) is 15.0. The first-order valence-corrected chi connectivity index (χ1v) is 6.95. The standard InChI is InChI=1S/C14H25N5O/c1-13(2,3)12-16-10(18-15)8-11(17-12)19-6-7-20-9-14(19,4)5/h8H,6-7,9,15H2,1-5H3,(H,16,17,18). The van der Waals surface area contributed by atoms with Crippen LogP contribution >= 0.6 is 0 Å². The highest BCUT2D eigenvalue weighted by Crippen LogP contribution is 2.29. The van der Waals surface area contributed by atoms with Crippen LogP contribution in [0.1, 0.15) is 40.4 Å². The number of morpholine rings is 1. The molecule has 1 aliphatic rings. The van der Waals surface area contributed by atoms with E-state index in [1.807, 2.05) is 6.07 Å². The predicted molar refractivity (Wildman–Crippen MR) is 80.8 cm³/mol. The fourth-order valence-electron chi connectivity index (χ4n) is 2.27. The molecular formula is C14H25N5O. The van der Waals surface area contributed by atoms with Gasteiger partial charge in [-0.1, -0.05) is 20.8 Å². The van der Waals surface area contributed by atoms with Crippen LogP contribution in [0.25, 0.3) is 0 Å². The zero-order chi connectivity index (χ0) is 15.0. The Labute approximate surface area is 120 Å². The summed E-state index contributed by atoms with van der Waals surface area (Å²) < 4.78 is 5.57. The number of hydrogen-bond donors (Lipinski definition) is 2. The van der Waals surface area contributed by atoms with Gasteiger partial charge in [-0.25, -0.2) is 15.8 Å². The summed E-state index contributed by atoms with van der Waals surface area (Å²) in [7, 11) is 0. The van der Waals surface area contributed by atoms with E-state index in [2.05, 4.69) is 49.9 Å². The molecule has 112 valence electrons. The highest BCUT2D eigenvalue weighted by molar-refractivity contribution is 5.51. The SMILES string of the molecule is CC(C)(C)c1nc(NN)cc(N2CCOCC2(C)C)n1. The van der Waals surface area contributed by atoms with Crippen molar-refractivity contribution in [2.45, 2.75) is 45.6 Å². The second kappa shape index (κ2) is 5.18. The third-order valence-electron chi connectivity index (χ3n) is 3.45. The van der Waals surface area contributed by atoms with Crippen molar-refractivity contribution in [2.24, 2.45) is 5.84 Å². The summed E-state index contributed by atoms with van der Waals surface area (Å²) in [5.74, 6) is 7.86. The molecule has 3 N–H and O–H groups in total. The van der Waals surface area contributed by atoms with Crippen LogP contribution in [0.2, 0.25) is 0 Å². The summed E-state index contributed by atoms with van der Waals surface area (Å²) in [6.07, 6.45) is 0. The average Bonchev–Trinajstić information content (AvgIpc) is 2.36. The molecule has 1 fully saturated rings. The number of rotatable bonds is 2. The first-order chi connectivity index (χ1) is 9.24. The second-order valence-corrected chi connectivity index (χ2v) is 6.85. The zero-order valence-electron chi connectivity index (χ0n) is 13.0. The Morgan fingerprint density at radius 3 is 2.60 bits per heavy atom. The normalized spacial score (nSPS) is 19.0. The summed E-state index contributed by atoms with van der Waals surface area (Å²) >= 11 is 0. The topological polar surface area (TPSA) is 76.3 Å². The molecule has 0 aliphatic carbocycles. The van der Waals surface area contributed by atoms with Gasteiger partial charge in [0.2, 0.25) is 0 Å². The number of nitrogen functional groups attached to an aromatic ring is 1.